The first-order valence-electron chi connectivity index (χ1n) is 19.9. The molecule has 0 bridgehead atoms. The van der Waals surface area contributed by atoms with Crippen LogP contribution in [0.5, 0.6) is 0 Å². The first-order valence-corrected chi connectivity index (χ1v) is 21.4. The predicted molar refractivity (Wildman–Crippen MR) is 213 cm³/mol. The van der Waals surface area contributed by atoms with Crippen molar-refractivity contribution in [3.8, 4) is 0 Å². The van der Waals surface area contributed by atoms with Crippen molar-refractivity contribution in [2.24, 2.45) is 11.8 Å². The number of nitrogens with one attached hydrogen (secondary N) is 1. The van der Waals surface area contributed by atoms with Gasteiger partial charge in [0.2, 0.25) is 9.84 Å². The molecule has 1 aliphatic carbocycles. The van der Waals surface area contributed by atoms with Crippen LogP contribution in [0.4, 0.5) is 14.9 Å². The van der Waals surface area contributed by atoms with Crippen LogP contribution in [0, 0.1) is 17.7 Å². The number of nitrogens with zero attached hydrogens (tertiary/aromatic N) is 4. The highest BCUT2D eigenvalue weighted by Crippen LogP contribution is 2.52. The smallest absolute Gasteiger partial charge is 0.409 e. The highest BCUT2D eigenvalue weighted by atomic mass is 32.2. The fraction of sp³-hybridized carbons (Fsp3) is 0.535. The summed E-state index contributed by atoms with van der Waals surface area (Å²) >= 11 is 0. The molecule has 3 atom stereocenters. The molecule has 1 N–H and O–H groups in total. The van der Waals surface area contributed by atoms with Gasteiger partial charge in [0.15, 0.2) is 0 Å². The number of rotatable bonds is 13. The van der Waals surface area contributed by atoms with Crippen LogP contribution in [0.1, 0.15) is 54.4 Å². The van der Waals surface area contributed by atoms with Crippen molar-refractivity contribution in [1.29, 1.82) is 0 Å². The van der Waals surface area contributed by atoms with Gasteiger partial charge in [0.25, 0.3) is 5.91 Å². The van der Waals surface area contributed by atoms with Crippen LogP contribution in [-0.2, 0) is 24.7 Å². The zero-order chi connectivity index (χ0) is 39.7. The largest absolute Gasteiger partial charge is 0.453 e. The molecule has 0 unspecified atom stereocenters. The molecule has 13 heteroatoms. The third-order valence-corrected chi connectivity index (χ3v) is 15.1. The van der Waals surface area contributed by atoms with Crippen LogP contribution < -0.4 is 10.2 Å². The van der Waals surface area contributed by atoms with E-state index in [2.05, 4.69) is 26.1 Å². The SMILES string of the molecule is CNC(=O)c1ccc(S(=O)(=O)c2ccc(N3CC(CN4CCC([C@@](CN5CCC5)(c5cccc(F)c5)[C@H]5CCC[C@@H]5N(C)C(=O)OC)CC4)(OC)C3)cc2)cc1. The topological polar surface area (TPSA) is 112 Å². The van der Waals surface area contributed by atoms with Gasteiger partial charge < -0.3 is 34.4 Å². The number of hydrogen-bond acceptors (Lipinski definition) is 9. The minimum absolute atomic E-state index is 0.0127. The summed E-state index contributed by atoms with van der Waals surface area (Å²) in [6.45, 7) is 6.88. The van der Waals surface area contributed by atoms with Gasteiger partial charge in [0.1, 0.15) is 11.4 Å². The standard InChI is InChI=1S/C43H56FN5O6S/c1-45-40(50)31-12-16-36(17-13-31)56(52,53)37-18-14-35(15-19-37)49-28-42(29-49,55-4)27-48-24-20-32(21-25-48)43(30-47-22-7-23-47,33-8-5-9-34(44)26-33)38-10-6-11-39(38)46(2)41(51)54-3/h5,8-9,12-19,26,32,38-39H,6-7,10-11,20-25,27-30H2,1-4H3,(H,45,50)/t38-,39-,43-/m0/s1. The van der Waals surface area contributed by atoms with Crippen LogP contribution in [0.25, 0.3) is 0 Å². The molecular formula is C43H56FN5O6S. The molecule has 3 saturated heterocycles. The molecule has 3 aliphatic heterocycles. The molecule has 4 aliphatic rings. The van der Waals surface area contributed by atoms with Crippen molar-refractivity contribution in [2.75, 3.05) is 85.6 Å². The van der Waals surface area contributed by atoms with E-state index in [-0.39, 0.29) is 50.6 Å². The van der Waals surface area contributed by atoms with Gasteiger partial charge in [-0.3, -0.25) is 4.79 Å². The highest BCUT2D eigenvalue weighted by molar-refractivity contribution is 7.91. The molecule has 0 aromatic heterocycles. The molecule has 0 radical (unpaired) electrons. The Labute approximate surface area is 331 Å². The minimum Gasteiger partial charge on any atom is -0.453 e. The number of piperidine rings is 1. The third-order valence-electron chi connectivity index (χ3n) is 13.3. The molecule has 11 nitrogen and oxygen atoms in total. The molecule has 3 aromatic carbocycles. The summed E-state index contributed by atoms with van der Waals surface area (Å²) in [5.41, 5.74) is 1.70. The normalized spacial score (nSPS) is 22.8. The Bertz CT molecular complexity index is 1960. The first-order chi connectivity index (χ1) is 26.9. The molecule has 3 aromatic rings. The van der Waals surface area contributed by atoms with E-state index in [4.69, 9.17) is 9.47 Å². The van der Waals surface area contributed by atoms with Gasteiger partial charge >= 0.3 is 6.09 Å². The summed E-state index contributed by atoms with van der Waals surface area (Å²) in [7, 11) is 2.85. The fourth-order valence-corrected chi connectivity index (χ4v) is 11.4. The van der Waals surface area contributed by atoms with E-state index < -0.39 is 9.84 Å². The van der Waals surface area contributed by atoms with E-state index in [1.807, 2.05) is 25.2 Å². The van der Waals surface area contributed by atoms with Gasteiger partial charge in [-0.1, -0.05) is 18.6 Å². The Balaban J connectivity index is 1.04. The number of hydrogen-bond donors (Lipinski definition) is 1. The summed E-state index contributed by atoms with van der Waals surface area (Å²) in [5, 5.41) is 2.54. The zero-order valence-corrected chi connectivity index (χ0v) is 33.9. The first kappa shape index (κ1) is 40.2. The Morgan fingerprint density at radius 3 is 2.12 bits per heavy atom. The Morgan fingerprint density at radius 2 is 1.55 bits per heavy atom. The molecule has 3 heterocycles. The molecule has 0 spiro atoms. The van der Waals surface area contributed by atoms with Crippen molar-refractivity contribution >= 4 is 27.5 Å². The molecule has 1 saturated carbocycles. The summed E-state index contributed by atoms with van der Waals surface area (Å²) < 4.78 is 53.2. The second-order valence-corrected chi connectivity index (χ2v) is 18.2. The number of methoxy groups -OCH3 is 2. The van der Waals surface area contributed by atoms with Gasteiger partial charge in [-0.2, -0.15) is 0 Å². The molecular weight excluding hydrogens is 734 g/mol. The van der Waals surface area contributed by atoms with Crippen molar-refractivity contribution in [1.82, 2.24) is 20.0 Å². The average molecular weight is 790 g/mol. The Hall–Kier alpha value is -4.04. The average Bonchev–Trinajstić information content (AvgIpc) is 3.69. The predicted octanol–water partition coefficient (Wildman–Crippen LogP) is 5.45. The van der Waals surface area contributed by atoms with E-state index in [0.29, 0.717) is 24.6 Å². The van der Waals surface area contributed by atoms with Gasteiger partial charge in [-0.25, -0.2) is 17.6 Å². The summed E-state index contributed by atoms with van der Waals surface area (Å²) in [6.07, 6.45) is 5.69. The lowest BCUT2D eigenvalue weighted by Crippen LogP contribution is -2.68. The number of benzene rings is 3. The van der Waals surface area contributed by atoms with E-state index in [1.54, 1.807) is 30.2 Å². The van der Waals surface area contributed by atoms with Gasteiger partial charge in [0, 0.05) is 57.0 Å². The van der Waals surface area contributed by atoms with Crippen molar-refractivity contribution in [3.63, 3.8) is 0 Å². The minimum atomic E-state index is -3.75. The number of likely N-dealkylation sites (tertiary alicyclic amines) is 2. The van der Waals surface area contributed by atoms with Crippen LogP contribution in [0.3, 0.4) is 0 Å². The fourth-order valence-electron chi connectivity index (χ4n) is 10.1. The number of sulfone groups is 1. The van der Waals surface area contributed by atoms with E-state index in [9.17, 15) is 18.0 Å². The molecule has 2 amide bonds. The highest BCUT2D eigenvalue weighted by Gasteiger charge is 2.54. The molecule has 4 fully saturated rings. The maximum absolute atomic E-state index is 15.1. The number of amides is 2. The summed E-state index contributed by atoms with van der Waals surface area (Å²) in [5.74, 6) is -0.0144. The number of halogens is 1. The summed E-state index contributed by atoms with van der Waals surface area (Å²) in [4.78, 5) is 34.2. The second-order valence-electron chi connectivity index (χ2n) is 16.3. The number of carbonyl (C=O) groups is 2. The van der Waals surface area contributed by atoms with Gasteiger partial charge in [-0.15, -0.1) is 0 Å². The maximum Gasteiger partial charge on any atom is 0.409 e. The quantitative estimate of drug-likeness (QED) is 0.242. The van der Waals surface area contributed by atoms with Crippen LogP contribution in [-0.4, -0.2) is 127 Å². The molecule has 56 heavy (non-hydrogen) atoms. The lowest BCUT2D eigenvalue weighted by atomic mass is 9.57. The van der Waals surface area contributed by atoms with Crippen LogP contribution in [0.2, 0.25) is 0 Å². The number of anilines is 1. The van der Waals surface area contributed by atoms with Crippen LogP contribution >= 0.6 is 0 Å². The monoisotopic (exact) mass is 789 g/mol. The van der Waals surface area contributed by atoms with E-state index in [1.165, 1.54) is 50.9 Å². The second kappa shape index (κ2) is 16.4. The third kappa shape index (κ3) is 7.67. The van der Waals surface area contributed by atoms with Crippen molar-refractivity contribution in [2.45, 2.75) is 65.4 Å². The van der Waals surface area contributed by atoms with Gasteiger partial charge in [0.05, 0.1) is 30.0 Å². The molecule has 7 rings (SSSR count). The zero-order valence-electron chi connectivity index (χ0n) is 33.1. The van der Waals surface area contributed by atoms with Gasteiger partial charge in [-0.05, 0) is 136 Å². The maximum atomic E-state index is 15.1. The van der Waals surface area contributed by atoms with E-state index >= 15 is 4.39 Å². The Kier molecular flexibility index (Phi) is 11.8. The number of carbonyl (C=O) groups excluding carboxylic acids is 2. The summed E-state index contributed by atoms with van der Waals surface area (Å²) in [6, 6.07) is 20.2. The van der Waals surface area contributed by atoms with Crippen molar-refractivity contribution < 1.29 is 31.9 Å². The number of ether oxygens (including phenoxy) is 2. The van der Waals surface area contributed by atoms with E-state index in [0.717, 1.165) is 82.6 Å². The lowest BCUT2D eigenvalue weighted by molar-refractivity contribution is -0.0663. The molecule has 302 valence electrons. The Morgan fingerprint density at radius 1 is 0.893 bits per heavy atom. The van der Waals surface area contributed by atoms with Crippen LogP contribution in [0.15, 0.2) is 82.6 Å². The van der Waals surface area contributed by atoms with Crippen molar-refractivity contribution in [3.05, 3.63) is 89.7 Å². The lowest BCUT2D eigenvalue weighted by Gasteiger charge is -2.56.